The molecule has 5 nitrogen and oxygen atoms in total. The number of nitrogens with one attached hydrogen (secondary N) is 1. The van der Waals surface area contributed by atoms with Gasteiger partial charge in [0.1, 0.15) is 5.75 Å². The molecular weight excluding hydrogens is 268 g/mol. The van der Waals surface area contributed by atoms with E-state index in [0.29, 0.717) is 23.4 Å². The first kappa shape index (κ1) is 17.0. The van der Waals surface area contributed by atoms with Crippen molar-refractivity contribution in [2.45, 2.75) is 32.6 Å². The minimum absolute atomic E-state index is 0.0591. The molecule has 5 heteroatoms. The highest BCUT2D eigenvalue weighted by atomic mass is 16.5. The van der Waals surface area contributed by atoms with Crippen LogP contribution >= 0.6 is 0 Å². The monoisotopic (exact) mass is 292 g/mol. The van der Waals surface area contributed by atoms with Crippen molar-refractivity contribution in [2.75, 3.05) is 26.5 Å². The first-order valence-corrected chi connectivity index (χ1v) is 7.19. The highest BCUT2D eigenvalue weighted by Gasteiger charge is 2.13. The lowest BCUT2D eigenvalue weighted by atomic mass is 10.1. The predicted octanol–water partition coefficient (Wildman–Crippen LogP) is 2.92. The van der Waals surface area contributed by atoms with Crippen LogP contribution in [0.4, 0.5) is 5.69 Å². The van der Waals surface area contributed by atoms with E-state index in [0.717, 1.165) is 19.3 Å². The normalized spacial score (nSPS) is 10.1. The SMILES string of the molecule is CCCCCC(=O)Nc1cc(C(=O)N(C)C)ccc1OC. The van der Waals surface area contributed by atoms with Gasteiger partial charge in [-0.05, 0) is 24.6 Å². The number of benzene rings is 1. The maximum absolute atomic E-state index is 12.0. The van der Waals surface area contributed by atoms with Crippen LogP contribution in [0.15, 0.2) is 18.2 Å². The molecule has 0 unspecified atom stereocenters. The molecule has 1 aromatic carbocycles. The highest BCUT2D eigenvalue weighted by Crippen LogP contribution is 2.26. The Kier molecular flexibility index (Phi) is 6.72. The van der Waals surface area contributed by atoms with Gasteiger partial charge in [0.15, 0.2) is 0 Å². The summed E-state index contributed by atoms with van der Waals surface area (Å²) in [6, 6.07) is 5.03. The number of methoxy groups -OCH3 is 1. The molecule has 0 radical (unpaired) electrons. The number of anilines is 1. The molecule has 0 aromatic heterocycles. The highest BCUT2D eigenvalue weighted by molar-refractivity contribution is 5.98. The summed E-state index contributed by atoms with van der Waals surface area (Å²) >= 11 is 0. The summed E-state index contributed by atoms with van der Waals surface area (Å²) in [6.45, 7) is 2.09. The van der Waals surface area contributed by atoms with E-state index >= 15 is 0 Å². The van der Waals surface area contributed by atoms with Gasteiger partial charge in [-0.1, -0.05) is 19.8 Å². The summed E-state index contributed by atoms with van der Waals surface area (Å²) in [4.78, 5) is 25.4. The molecule has 0 atom stereocenters. The number of unbranched alkanes of at least 4 members (excludes halogenated alkanes) is 2. The van der Waals surface area contributed by atoms with Crippen LogP contribution in [-0.2, 0) is 4.79 Å². The number of carbonyl (C=O) groups excluding carboxylic acids is 2. The van der Waals surface area contributed by atoms with Gasteiger partial charge in [-0.15, -0.1) is 0 Å². The number of ether oxygens (including phenoxy) is 1. The number of rotatable bonds is 7. The third-order valence-electron chi connectivity index (χ3n) is 3.13. The van der Waals surface area contributed by atoms with Gasteiger partial charge in [-0.25, -0.2) is 0 Å². The minimum atomic E-state index is -0.112. The zero-order valence-corrected chi connectivity index (χ0v) is 13.2. The minimum Gasteiger partial charge on any atom is -0.495 e. The molecule has 116 valence electrons. The molecule has 1 aromatic rings. The van der Waals surface area contributed by atoms with E-state index in [-0.39, 0.29) is 11.8 Å². The van der Waals surface area contributed by atoms with E-state index < -0.39 is 0 Å². The van der Waals surface area contributed by atoms with Gasteiger partial charge in [0.2, 0.25) is 5.91 Å². The van der Waals surface area contributed by atoms with Crippen molar-refractivity contribution in [3.63, 3.8) is 0 Å². The van der Waals surface area contributed by atoms with Gasteiger partial charge < -0.3 is 15.0 Å². The second-order valence-electron chi connectivity index (χ2n) is 5.12. The van der Waals surface area contributed by atoms with E-state index in [1.54, 1.807) is 32.3 Å². The second-order valence-corrected chi connectivity index (χ2v) is 5.12. The van der Waals surface area contributed by atoms with Crippen molar-refractivity contribution in [3.8, 4) is 5.75 Å². The second kappa shape index (κ2) is 8.29. The smallest absolute Gasteiger partial charge is 0.253 e. The molecule has 1 N–H and O–H groups in total. The molecule has 0 fully saturated rings. The Morgan fingerprint density at radius 1 is 1.24 bits per heavy atom. The van der Waals surface area contributed by atoms with Crippen molar-refractivity contribution in [1.29, 1.82) is 0 Å². The molecule has 2 amide bonds. The Balaban J connectivity index is 2.85. The molecule has 0 aliphatic rings. The molecular formula is C16H24N2O3. The third kappa shape index (κ3) is 5.10. The number of nitrogens with zero attached hydrogens (tertiary/aromatic N) is 1. The van der Waals surface area contributed by atoms with Crippen LogP contribution < -0.4 is 10.1 Å². The summed E-state index contributed by atoms with van der Waals surface area (Å²) in [6.07, 6.45) is 3.44. The molecule has 0 saturated heterocycles. The van der Waals surface area contributed by atoms with Crippen LogP contribution in [0.2, 0.25) is 0 Å². The summed E-state index contributed by atoms with van der Waals surface area (Å²) in [5.74, 6) is 0.379. The standard InChI is InChI=1S/C16H24N2O3/c1-5-6-7-8-15(19)17-13-11-12(16(20)18(2)3)9-10-14(13)21-4/h9-11H,5-8H2,1-4H3,(H,17,19). The fourth-order valence-corrected chi connectivity index (χ4v) is 1.95. The molecule has 0 bridgehead atoms. The van der Waals surface area contributed by atoms with E-state index in [9.17, 15) is 9.59 Å². The number of carbonyl (C=O) groups is 2. The quantitative estimate of drug-likeness (QED) is 0.786. The fraction of sp³-hybridized carbons (Fsp3) is 0.500. The van der Waals surface area contributed by atoms with Crippen molar-refractivity contribution >= 4 is 17.5 Å². The van der Waals surface area contributed by atoms with E-state index in [1.807, 2.05) is 0 Å². The van der Waals surface area contributed by atoms with Gasteiger partial charge in [-0.3, -0.25) is 9.59 Å². The maximum Gasteiger partial charge on any atom is 0.253 e. The predicted molar refractivity (Wildman–Crippen MR) is 83.8 cm³/mol. The summed E-state index contributed by atoms with van der Waals surface area (Å²) in [5, 5.41) is 2.82. The Hall–Kier alpha value is -2.04. The van der Waals surface area contributed by atoms with Crippen molar-refractivity contribution in [3.05, 3.63) is 23.8 Å². The van der Waals surface area contributed by atoms with Crippen molar-refractivity contribution in [2.24, 2.45) is 0 Å². The zero-order valence-electron chi connectivity index (χ0n) is 13.2. The molecule has 1 rings (SSSR count). The lowest BCUT2D eigenvalue weighted by Gasteiger charge is -2.14. The van der Waals surface area contributed by atoms with Gasteiger partial charge in [-0.2, -0.15) is 0 Å². The first-order chi connectivity index (χ1) is 9.99. The van der Waals surface area contributed by atoms with Crippen LogP contribution in [-0.4, -0.2) is 37.9 Å². The van der Waals surface area contributed by atoms with Crippen LogP contribution in [0, 0.1) is 0 Å². The fourth-order valence-electron chi connectivity index (χ4n) is 1.95. The Labute approximate surface area is 126 Å². The summed E-state index contributed by atoms with van der Waals surface area (Å²) < 4.78 is 5.23. The largest absolute Gasteiger partial charge is 0.495 e. The van der Waals surface area contributed by atoms with Crippen molar-refractivity contribution in [1.82, 2.24) is 4.90 Å². The lowest BCUT2D eigenvalue weighted by molar-refractivity contribution is -0.116. The molecule has 0 aliphatic heterocycles. The lowest BCUT2D eigenvalue weighted by Crippen LogP contribution is -2.22. The molecule has 0 heterocycles. The Morgan fingerprint density at radius 2 is 1.95 bits per heavy atom. The topological polar surface area (TPSA) is 58.6 Å². The van der Waals surface area contributed by atoms with Crippen LogP contribution in [0.5, 0.6) is 5.75 Å². The average molecular weight is 292 g/mol. The van der Waals surface area contributed by atoms with Gasteiger partial charge in [0.05, 0.1) is 12.8 Å². The van der Waals surface area contributed by atoms with Crippen LogP contribution in [0.1, 0.15) is 43.0 Å². The van der Waals surface area contributed by atoms with Crippen LogP contribution in [0.3, 0.4) is 0 Å². The Morgan fingerprint density at radius 3 is 2.52 bits per heavy atom. The molecule has 0 saturated carbocycles. The summed E-state index contributed by atoms with van der Waals surface area (Å²) in [5.41, 5.74) is 1.05. The zero-order chi connectivity index (χ0) is 15.8. The van der Waals surface area contributed by atoms with Gasteiger partial charge in [0, 0.05) is 26.1 Å². The van der Waals surface area contributed by atoms with Crippen molar-refractivity contribution < 1.29 is 14.3 Å². The van der Waals surface area contributed by atoms with Gasteiger partial charge in [0.25, 0.3) is 5.91 Å². The number of amides is 2. The number of hydrogen-bond donors (Lipinski definition) is 1. The molecule has 21 heavy (non-hydrogen) atoms. The van der Waals surface area contributed by atoms with E-state index in [1.165, 1.54) is 12.0 Å². The molecule has 0 spiro atoms. The summed E-state index contributed by atoms with van der Waals surface area (Å²) in [7, 11) is 4.92. The third-order valence-corrected chi connectivity index (χ3v) is 3.13. The average Bonchev–Trinajstić information content (AvgIpc) is 2.46. The first-order valence-electron chi connectivity index (χ1n) is 7.19. The maximum atomic E-state index is 12.0. The van der Waals surface area contributed by atoms with Crippen LogP contribution in [0.25, 0.3) is 0 Å². The van der Waals surface area contributed by atoms with E-state index in [2.05, 4.69) is 12.2 Å². The van der Waals surface area contributed by atoms with E-state index in [4.69, 9.17) is 4.74 Å². The van der Waals surface area contributed by atoms with Gasteiger partial charge >= 0.3 is 0 Å². The Bertz CT molecular complexity index is 498. The number of hydrogen-bond acceptors (Lipinski definition) is 3. The molecule has 0 aliphatic carbocycles.